The number of halogens is 1. The van der Waals surface area contributed by atoms with Gasteiger partial charge in [0.25, 0.3) is 0 Å². The van der Waals surface area contributed by atoms with Crippen molar-refractivity contribution in [1.29, 1.82) is 0 Å². The Hall–Kier alpha value is -1.03. The standard InChI is InChI=1S/C19H30N4O2S.HI/c1-3-20-19(22-12-6-7-16(2)15-22)21-11-14-26(24,25)23-13-10-17-8-4-5-9-18(17)23;/h4-5,8-9,16H,3,6-7,10-15H2,1-2H3,(H,20,21);1H. The van der Waals surface area contributed by atoms with Gasteiger partial charge < -0.3 is 10.2 Å². The fourth-order valence-electron chi connectivity index (χ4n) is 3.78. The monoisotopic (exact) mass is 506 g/mol. The molecule has 152 valence electrons. The van der Waals surface area contributed by atoms with Crippen LogP contribution < -0.4 is 9.62 Å². The van der Waals surface area contributed by atoms with E-state index in [1.807, 2.05) is 31.2 Å². The van der Waals surface area contributed by atoms with Gasteiger partial charge in [0.1, 0.15) is 0 Å². The molecule has 6 nitrogen and oxygen atoms in total. The van der Waals surface area contributed by atoms with Crippen LogP contribution in [0.5, 0.6) is 0 Å². The maximum absolute atomic E-state index is 12.8. The molecule has 0 aliphatic carbocycles. The molecule has 3 rings (SSSR count). The molecule has 0 bridgehead atoms. The van der Waals surface area contributed by atoms with E-state index in [1.54, 1.807) is 4.31 Å². The summed E-state index contributed by atoms with van der Waals surface area (Å²) in [7, 11) is -3.35. The second-order valence-electron chi connectivity index (χ2n) is 7.20. The van der Waals surface area contributed by atoms with E-state index in [0.717, 1.165) is 49.7 Å². The Morgan fingerprint density at radius 3 is 2.81 bits per heavy atom. The van der Waals surface area contributed by atoms with E-state index in [4.69, 9.17) is 0 Å². The van der Waals surface area contributed by atoms with E-state index >= 15 is 0 Å². The molecule has 1 unspecified atom stereocenters. The molecule has 1 atom stereocenters. The number of rotatable bonds is 5. The minimum absolute atomic E-state index is 0. The first kappa shape index (κ1) is 22.3. The number of aliphatic imine (C=N–C) groups is 1. The van der Waals surface area contributed by atoms with Gasteiger partial charge in [0.2, 0.25) is 10.0 Å². The first-order chi connectivity index (χ1) is 12.5. The summed E-state index contributed by atoms with van der Waals surface area (Å²) in [5, 5.41) is 3.31. The molecule has 0 aromatic heterocycles. The zero-order valence-electron chi connectivity index (χ0n) is 16.2. The highest BCUT2D eigenvalue weighted by molar-refractivity contribution is 14.0. The lowest BCUT2D eigenvalue weighted by atomic mass is 10.0. The predicted octanol–water partition coefficient (Wildman–Crippen LogP) is 2.69. The van der Waals surface area contributed by atoms with Gasteiger partial charge in [0, 0.05) is 26.2 Å². The number of sulfonamides is 1. The maximum atomic E-state index is 12.8. The van der Waals surface area contributed by atoms with Crippen molar-refractivity contribution in [2.45, 2.75) is 33.1 Å². The lowest BCUT2D eigenvalue weighted by Crippen LogP contribution is -2.46. The van der Waals surface area contributed by atoms with Gasteiger partial charge in [-0.05, 0) is 43.7 Å². The van der Waals surface area contributed by atoms with Crippen molar-refractivity contribution in [3.63, 3.8) is 0 Å². The molecule has 0 radical (unpaired) electrons. The summed E-state index contributed by atoms with van der Waals surface area (Å²) in [5.74, 6) is 1.54. The molecule has 2 aliphatic heterocycles. The molecule has 1 saturated heterocycles. The van der Waals surface area contributed by atoms with Crippen molar-refractivity contribution < 1.29 is 8.42 Å². The number of piperidine rings is 1. The Morgan fingerprint density at radius 1 is 1.30 bits per heavy atom. The molecule has 1 N–H and O–H groups in total. The number of guanidine groups is 1. The van der Waals surface area contributed by atoms with Gasteiger partial charge in [-0.1, -0.05) is 25.1 Å². The topological polar surface area (TPSA) is 65.0 Å². The van der Waals surface area contributed by atoms with Gasteiger partial charge in [-0.15, -0.1) is 24.0 Å². The highest BCUT2D eigenvalue weighted by atomic mass is 127. The molecule has 0 amide bonds. The lowest BCUT2D eigenvalue weighted by Gasteiger charge is -2.33. The third-order valence-corrected chi connectivity index (χ3v) is 6.83. The number of nitrogens with zero attached hydrogens (tertiary/aromatic N) is 3. The van der Waals surface area contributed by atoms with E-state index in [-0.39, 0.29) is 36.3 Å². The van der Waals surface area contributed by atoms with Crippen LogP contribution in [-0.2, 0) is 16.4 Å². The van der Waals surface area contributed by atoms with E-state index < -0.39 is 10.0 Å². The molecule has 1 fully saturated rings. The van der Waals surface area contributed by atoms with Crippen molar-refractivity contribution >= 4 is 45.6 Å². The smallest absolute Gasteiger partial charge is 0.237 e. The fraction of sp³-hybridized carbons (Fsp3) is 0.632. The Kier molecular flexibility index (Phi) is 8.20. The lowest BCUT2D eigenvalue weighted by molar-refractivity contribution is 0.266. The van der Waals surface area contributed by atoms with Crippen molar-refractivity contribution in [2.75, 3.05) is 42.8 Å². The molecular formula is C19H31IN4O2S. The number of hydrogen-bond acceptors (Lipinski definition) is 3. The van der Waals surface area contributed by atoms with Crippen LogP contribution in [0.2, 0.25) is 0 Å². The van der Waals surface area contributed by atoms with Crippen LogP contribution in [0.15, 0.2) is 29.3 Å². The minimum atomic E-state index is -3.35. The van der Waals surface area contributed by atoms with Crippen LogP contribution >= 0.6 is 24.0 Å². The highest BCUT2D eigenvalue weighted by Gasteiger charge is 2.28. The number of para-hydroxylation sites is 1. The Morgan fingerprint density at radius 2 is 2.07 bits per heavy atom. The quantitative estimate of drug-likeness (QED) is 0.379. The van der Waals surface area contributed by atoms with Crippen LogP contribution in [-0.4, -0.2) is 57.8 Å². The Bertz CT molecular complexity index is 754. The van der Waals surface area contributed by atoms with Gasteiger partial charge in [-0.3, -0.25) is 9.30 Å². The largest absolute Gasteiger partial charge is 0.357 e. The first-order valence-electron chi connectivity index (χ1n) is 9.63. The second kappa shape index (κ2) is 9.95. The van der Waals surface area contributed by atoms with E-state index in [0.29, 0.717) is 12.5 Å². The number of benzene rings is 1. The molecule has 27 heavy (non-hydrogen) atoms. The fourth-order valence-corrected chi connectivity index (χ4v) is 5.17. The molecular weight excluding hydrogens is 475 g/mol. The van der Waals surface area contributed by atoms with Crippen LogP contribution in [0, 0.1) is 5.92 Å². The van der Waals surface area contributed by atoms with Crippen molar-refractivity contribution in [3.05, 3.63) is 29.8 Å². The molecule has 2 aliphatic rings. The van der Waals surface area contributed by atoms with Gasteiger partial charge in [-0.2, -0.15) is 0 Å². The third-order valence-electron chi connectivity index (χ3n) is 5.08. The zero-order valence-corrected chi connectivity index (χ0v) is 19.4. The summed E-state index contributed by atoms with van der Waals surface area (Å²) in [5.41, 5.74) is 1.93. The number of fused-ring (bicyclic) bond motifs is 1. The number of anilines is 1. The average molecular weight is 506 g/mol. The Balaban J connectivity index is 0.00000261. The van der Waals surface area contributed by atoms with E-state index in [9.17, 15) is 8.42 Å². The molecule has 1 aromatic carbocycles. The summed E-state index contributed by atoms with van der Waals surface area (Å²) < 4.78 is 27.1. The SMILES string of the molecule is CCNC(=NCCS(=O)(=O)N1CCc2ccccc21)N1CCCC(C)C1.I. The van der Waals surface area contributed by atoms with E-state index in [1.165, 1.54) is 6.42 Å². The molecule has 2 heterocycles. The van der Waals surface area contributed by atoms with Crippen molar-refractivity contribution in [1.82, 2.24) is 10.2 Å². The second-order valence-corrected chi connectivity index (χ2v) is 9.21. The van der Waals surface area contributed by atoms with Crippen molar-refractivity contribution in [2.24, 2.45) is 10.9 Å². The third kappa shape index (κ3) is 5.49. The number of nitrogens with one attached hydrogen (secondary N) is 1. The van der Waals surface area contributed by atoms with Crippen molar-refractivity contribution in [3.8, 4) is 0 Å². The van der Waals surface area contributed by atoms with Crippen LogP contribution in [0.1, 0.15) is 32.3 Å². The van der Waals surface area contributed by atoms with Gasteiger partial charge in [0.15, 0.2) is 5.96 Å². The summed E-state index contributed by atoms with van der Waals surface area (Å²) >= 11 is 0. The zero-order chi connectivity index (χ0) is 18.6. The number of likely N-dealkylation sites (tertiary alicyclic amines) is 1. The Labute approximate surface area is 180 Å². The van der Waals surface area contributed by atoms with Gasteiger partial charge in [0.05, 0.1) is 18.0 Å². The van der Waals surface area contributed by atoms with Gasteiger partial charge in [-0.25, -0.2) is 8.42 Å². The first-order valence-corrected chi connectivity index (χ1v) is 11.2. The van der Waals surface area contributed by atoms with Gasteiger partial charge >= 0.3 is 0 Å². The summed E-state index contributed by atoms with van der Waals surface area (Å²) in [6.45, 7) is 7.88. The predicted molar refractivity (Wildman–Crippen MR) is 123 cm³/mol. The van der Waals surface area contributed by atoms with Crippen LogP contribution in [0.3, 0.4) is 0 Å². The minimum Gasteiger partial charge on any atom is -0.357 e. The van der Waals surface area contributed by atoms with Crippen LogP contribution in [0.4, 0.5) is 5.69 Å². The molecule has 0 spiro atoms. The molecule has 0 saturated carbocycles. The highest BCUT2D eigenvalue weighted by Crippen LogP contribution is 2.29. The summed E-state index contributed by atoms with van der Waals surface area (Å²) in [6, 6.07) is 7.75. The normalized spacial score (nSPS) is 20.2. The average Bonchev–Trinajstić information content (AvgIpc) is 3.06. The van der Waals surface area contributed by atoms with E-state index in [2.05, 4.69) is 22.1 Å². The molecule has 1 aromatic rings. The van der Waals surface area contributed by atoms with Crippen LogP contribution in [0.25, 0.3) is 0 Å². The maximum Gasteiger partial charge on any atom is 0.237 e. The summed E-state index contributed by atoms with van der Waals surface area (Å²) in [4.78, 5) is 6.87. The number of hydrogen-bond donors (Lipinski definition) is 1. The summed E-state index contributed by atoms with van der Waals surface area (Å²) in [6.07, 6.45) is 3.19. The molecule has 8 heteroatoms.